The van der Waals surface area contributed by atoms with Gasteiger partial charge in [0.15, 0.2) is 0 Å². The molecule has 0 spiro atoms. The molecule has 2 aromatic rings. The molecule has 16 heavy (non-hydrogen) atoms. The van der Waals surface area contributed by atoms with E-state index in [2.05, 4.69) is 26.1 Å². The molecule has 0 aliphatic heterocycles. The van der Waals surface area contributed by atoms with E-state index in [9.17, 15) is 5.11 Å². The van der Waals surface area contributed by atoms with Crippen molar-refractivity contribution in [1.82, 2.24) is 10.1 Å². The van der Waals surface area contributed by atoms with Crippen molar-refractivity contribution in [3.05, 3.63) is 34.6 Å². The zero-order valence-electron chi connectivity index (χ0n) is 8.72. The van der Waals surface area contributed by atoms with Crippen LogP contribution in [0.25, 0.3) is 11.4 Å². The summed E-state index contributed by atoms with van der Waals surface area (Å²) >= 11 is 3.38. The van der Waals surface area contributed by atoms with Crippen molar-refractivity contribution in [2.45, 2.75) is 19.4 Å². The molecule has 84 valence electrons. The van der Waals surface area contributed by atoms with E-state index in [0.717, 1.165) is 10.0 Å². The summed E-state index contributed by atoms with van der Waals surface area (Å²) in [5.74, 6) is 0.988. The molecule has 1 aromatic carbocycles. The van der Waals surface area contributed by atoms with Crippen molar-refractivity contribution in [3.8, 4) is 11.4 Å². The fourth-order valence-electron chi connectivity index (χ4n) is 1.34. The first kappa shape index (κ1) is 11.3. The van der Waals surface area contributed by atoms with E-state index in [1.54, 1.807) is 6.92 Å². The second-order valence-electron chi connectivity index (χ2n) is 3.58. The summed E-state index contributed by atoms with van der Waals surface area (Å²) < 4.78 is 6.00. The number of aliphatic hydroxyl groups excluding tert-OH is 1. The summed E-state index contributed by atoms with van der Waals surface area (Å²) in [4.78, 5) is 4.20. The summed E-state index contributed by atoms with van der Waals surface area (Å²) in [6.07, 6.45) is -0.100. The van der Waals surface area contributed by atoms with Gasteiger partial charge < -0.3 is 9.63 Å². The third-order valence-electron chi connectivity index (χ3n) is 2.02. The number of benzene rings is 1. The monoisotopic (exact) mass is 282 g/mol. The minimum atomic E-state index is -0.476. The highest BCUT2D eigenvalue weighted by Crippen LogP contribution is 2.20. The Kier molecular flexibility index (Phi) is 3.36. The quantitative estimate of drug-likeness (QED) is 0.939. The lowest BCUT2D eigenvalue weighted by molar-refractivity contribution is 0.181. The van der Waals surface area contributed by atoms with Gasteiger partial charge in [0, 0.05) is 10.0 Å². The highest BCUT2D eigenvalue weighted by molar-refractivity contribution is 9.10. The number of hydrogen-bond donors (Lipinski definition) is 1. The van der Waals surface area contributed by atoms with Crippen LogP contribution in [0.4, 0.5) is 0 Å². The molecule has 0 fully saturated rings. The number of nitrogens with zero attached hydrogens (tertiary/aromatic N) is 2. The fourth-order valence-corrected chi connectivity index (χ4v) is 1.73. The molecule has 0 saturated carbocycles. The number of aliphatic hydroxyl groups is 1. The van der Waals surface area contributed by atoms with E-state index in [1.807, 2.05) is 24.3 Å². The Balaban J connectivity index is 2.24. The van der Waals surface area contributed by atoms with Gasteiger partial charge >= 0.3 is 0 Å². The Morgan fingerprint density at radius 1 is 1.50 bits per heavy atom. The predicted molar refractivity (Wildman–Crippen MR) is 62.8 cm³/mol. The van der Waals surface area contributed by atoms with Crippen LogP contribution in [0.2, 0.25) is 0 Å². The van der Waals surface area contributed by atoms with Gasteiger partial charge in [-0.3, -0.25) is 0 Å². The Bertz CT molecular complexity index is 482. The normalized spacial score (nSPS) is 12.7. The molecule has 4 nitrogen and oxygen atoms in total. The van der Waals surface area contributed by atoms with Gasteiger partial charge in [0.1, 0.15) is 0 Å². The molecular weight excluding hydrogens is 272 g/mol. The molecule has 0 amide bonds. The Morgan fingerprint density at radius 3 is 3.00 bits per heavy atom. The van der Waals surface area contributed by atoms with Crippen molar-refractivity contribution < 1.29 is 9.63 Å². The largest absolute Gasteiger partial charge is 0.393 e. The number of rotatable bonds is 3. The van der Waals surface area contributed by atoms with Crippen LogP contribution in [0.5, 0.6) is 0 Å². The molecular formula is C11H11BrN2O2. The van der Waals surface area contributed by atoms with Gasteiger partial charge in [-0.25, -0.2) is 0 Å². The summed E-state index contributed by atoms with van der Waals surface area (Å²) in [6, 6.07) is 7.66. The fraction of sp³-hybridized carbons (Fsp3) is 0.273. The highest BCUT2D eigenvalue weighted by atomic mass is 79.9. The molecule has 0 saturated heterocycles. The molecule has 1 atom stereocenters. The molecule has 5 heteroatoms. The van der Waals surface area contributed by atoms with E-state index in [0.29, 0.717) is 18.1 Å². The molecule has 1 N–H and O–H groups in total. The molecule has 1 aromatic heterocycles. The van der Waals surface area contributed by atoms with Crippen molar-refractivity contribution in [2.24, 2.45) is 0 Å². The Labute approximate surface area is 101 Å². The maximum Gasteiger partial charge on any atom is 0.229 e. The highest BCUT2D eigenvalue weighted by Gasteiger charge is 2.10. The topological polar surface area (TPSA) is 59.2 Å². The number of hydrogen-bond acceptors (Lipinski definition) is 4. The average Bonchev–Trinajstić information content (AvgIpc) is 2.65. The maximum absolute atomic E-state index is 9.19. The van der Waals surface area contributed by atoms with Crippen molar-refractivity contribution in [3.63, 3.8) is 0 Å². The summed E-state index contributed by atoms with van der Waals surface area (Å²) in [7, 11) is 0. The SMILES string of the molecule is CC(O)Cc1nc(-c2cccc(Br)c2)no1. The van der Waals surface area contributed by atoms with Crippen LogP contribution in [0.1, 0.15) is 12.8 Å². The van der Waals surface area contributed by atoms with E-state index in [1.165, 1.54) is 0 Å². The average molecular weight is 283 g/mol. The third kappa shape index (κ3) is 2.68. The zero-order chi connectivity index (χ0) is 11.5. The molecule has 0 aliphatic carbocycles. The smallest absolute Gasteiger partial charge is 0.229 e. The van der Waals surface area contributed by atoms with Crippen LogP contribution in [0.3, 0.4) is 0 Å². The standard InChI is InChI=1S/C11H11BrN2O2/c1-7(15)5-10-13-11(14-16-10)8-3-2-4-9(12)6-8/h2-4,6-7,15H,5H2,1H3. The van der Waals surface area contributed by atoms with Gasteiger partial charge in [-0.1, -0.05) is 33.2 Å². The lowest BCUT2D eigenvalue weighted by Crippen LogP contribution is -2.04. The van der Waals surface area contributed by atoms with Crippen molar-refractivity contribution in [2.75, 3.05) is 0 Å². The van der Waals surface area contributed by atoms with E-state index >= 15 is 0 Å². The van der Waals surface area contributed by atoms with Crippen LogP contribution >= 0.6 is 15.9 Å². The third-order valence-corrected chi connectivity index (χ3v) is 2.51. The van der Waals surface area contributed by atoms with Crippen LogP contribution in [-0.2, 0) is 6.42 Å². The summed E-state index contributed by atoms with van der Waals surface area (Å²) in [5, 5.41) is 13.1. The van der Waals surface area contributed by atoms with Crippen molar-refractivity contribution >= 4 is 15.9 Å². The van der Waals surface area contributed by atoms with E-state index < -0.39 is 6.10 Å². The Hall–Kier alpha value is -1.20. The minimum Gasteiger partial charge on any atom is -0.393 e. The lowest BCUT2D eigenvalue weighted by atomic mass is 10.2. The first-order valence-corrected chi connectivity index (χ1v) is 5.71. The van der Waals surface area contributed by atoms with E-state index in [-0.39, 0.29) is 0 Å². The van der Waals surface area contributed by atoms with E-state index in [4.69, 9.17) is 4.52 Å². The lowest BCUT2D eigenvalue weighted by Gasteiger charge is -1.96. The second kappa shape index (κ2) is 4.76. The molecule has 2 rings (SSSR count). The van der Waals surface area contributed by atoms with Crippen molar-refractivity contribution in [1.29, 1.82) is 0 Å². The first-order chi connectivity index (χ1) is 7.65. The number of halogens is 1. The zero-order valence-corrected chi connectivity index (χ0v) is 10.3. The minimum absolute atomic E-state index is 0.376. The van der Waals surface area contributed by atoms with Crippen LogP contribution in [0.15, 0.2) is 33.3 Å². The second-order valence-corrected chi connectivity index (χ2v) is 4.49. The molecule has 0 aliphatic rings. The van der Waals surface area contributed by atoms with Gasteiger partial charge in [0.05, 0.1) is 12.5 Å². The number of aromatic nitrogens is 2. The van der Waals surface area contributed by atoms with Crippen LogP contribution in [-0.4, -0.2) is 21.4 Å². The molecule has 1 heterocycles. The molecule has 0 bridgehead atoms. The van der Waals surface area contributed by atoms with Crippen LogP contribution < -0.4 is 0 Å². The summed E-state index contributed by atoms with van der Waals surface area (Å²) in [6.45, 7) is 1.68. The molecule has 0 radical (unpaired) electrons. The van der Waals surface area contributed by atoms with Gasteiger partial charge in [-0.2, -0.15) is 4.98 Å². The molecule has 1 unspecified atom stereocenters. The first-order valence-electron chi connectivity index (χ1n) is 4.92. The van der Waals surface area contributed by atoms with Gasteiger partial charge in [-0.15, -0.1) is 0 Å². The van der Waals surface area contributed by atoms with Gasteiger partial charge in [0.25, 0.3) is 0 Å². The predicted octanol–water partition coefficient (Wildman–Crippen LogP) is 2.42. The summed E-state index contributed by atoms with van der Waals surface area (Å²) in [5.41, 5.74) is 0.884. The maximum atomic E-state index is 9.19. The van der Waals surface area contributed by atoms with Gasteiger partial charge in [-0.05, 0) is 19.1 Å². The Morgan fingerprint density at radius 2 is 2.31 bits per heavy atom. The van der Waals surface area contributed by atoms with Crippen LogP contribution in [0, 0.1) is 0 Å². The van der Waals surface area contributed by atoms with Gasteiger partial charge in [0.2, 0.25) is 11.7 Å².